The van der Waals surface area contributed by atoms with Gasteiger partial charge in [-0.3, -0.25) is 10.1 Å². The molecule has 0 unspecified atom stereocenters. The van der Waals surface area contributed by atoms with Crippen LogP contribution in [0.5, 0.6) is 0 Å². The molecular formula is C13H8N2O3. The van der Waals surface area contributed by atoms with Crippen LogP contribution in [-0.4, -0.2) is 4.92 Å². The molecule has 3 rings (SSSR count). The van der Waals surface area contributed by atoms with E-state index < -0.39 is 4.92 Å². The van der Waals surface area contributed by atoms with E-state index in [1.165, 1.54) is 18.3 Å². The van der Waals surface area contributed by atoms with Gasteiger partial charge in [-0.2, -0.15) is 4.73 Å². The Balaban J connectivity index is 2.51. The van der Waals surface area contributed by atoms with Gasteiger partial charge < -0.3 is 5.21 Å². The predicted octanol–water partition coefficient (Wildman–Crippen LogP) is 2.53. The first-order valence-corrected chi connectivity index (χ1v) is 5.36. The van der Waals surface area contributed by atoms with Gasteiger partial charge in [0.15, 0.2) is 6.20 Å². The third-order valence-corrected chi connectivity index (χ3v) is 2.94. The third-order valence-electron chi connectivity index (χ3n) is 2.94. The van der Waals surface area contributed by atoms with Crippen LogP contribution in [0.1, 0.15) is 0 Å². The first-order valence-electron chi connectivity index (χ1n) is 5.36. The highest BCUT2D eigenvalue weighted by atomic mass is 16.6. The van der Waals surface area contributed by atoms with Gasteiger partial charge in [-0.25, -0.2) is 0 Å². The Hall–Kier alpha value is -2.69. The summed E-state index contributed by atoms with van der Waals surface area (Å²) in [4.78, 5) is 10.3. The lowest BCUT2D eigenvalue weighted by Gasteiger charge is -2.04. The molecule has 0 fully saturated rings. The van der Waals surface area contributed by atoms with Crippen molar-refractivity contribution in [1.29, 1.82) is 0 Å². The molecule has 0 aliphatic heterocycles. The van der Waals surface area contributed by atoms with Gasteiger partial charge in [-0.1, -0.05) is 6.07 Å². The second-order valence-corrected chi connectivity index (χ2v) is 4.00. The van der Waals surface area contributed by atoms with Crippen LogP contribution in [-0.2, 0) is 0 Å². The average molecular weight is 240 g/mol. The summed E-state index contributed by atoms with van der Waals surface area (Å²) in [6, 6.07) is 11.7. The fourth-order valence-corrected chi connectivity index (χ4v) is 2.10. The van der Waals surface area contributed by atoms with Crippen molar-refractivity contribution in [3.63, 3.8) is 0 Å². The predicted molar refractivity (Wildman–Crippen MR) is 67.1 cm³/mol. The molecule has 0 aliphatic carbocycles. The summed E-state index contributed by atoms with van der Waals surface area (Å²) in [6.45, 7) is 0. The molecule has 5 heteroatoms. The van der Waals surface area contributed by atoms with Crippen LogP contribution < -0.4 is 4.73 Å². The summed E-state index contributed by atoms with van der Waals surface area (Å²) in [7, 11) is 0. The van der Waals surface area contributed by atoms with Crippen LogP contribution in [0.2, 0.25) is 0 Å². The maximum absolute atomic E-state index is 11.8. The quantitative estimate of drug-likeness (QED) is 0.216. The first kappa shape index (κ1) is 10.5. The molecular weight excluding hydrogens is 232 g/mol. The molecule has 0 atom stereocenters. The minimum atomic E-state index is -0.462. The Labute approximate surface area is 102 Å². The van der Waals surface area contributed by atoms with Gasteiger partial charge in [0.25, 0.3) is 5.69 Å². The van der Waals surface area contributed by atoms with Gasteiger partial charge in [0.2, 0.25) is 5.52 Å². The minimum absolute atomic E-state index is 0.0150. The monoisotopic (exact) mass is 240 g/mol. The summed E-state index contributed by atoms with van der Waals surface area (Å²) in [5.74, 6) is 0. The summed E-state index contributed by atoms with van der Waals surface area (Å²) in [6.07, 6.45) is 1.39. The molecule has 18 heavy (non-hydrogen) atoms. The molecule has 2 aromatic carbocycles. The molecule has 0 radical (unpaired) electrons. The second kappa shape index (κ2) is 3.66. The number of aromatic nitrogens is 1. The first-order chi connectivity index (χ1) is 8.66. The number of rotatable bonds is 1. The number of hydrogen-bond donors (Lipinski definition) is 0. The Kier molecular flexibility index (Phi) is 2.13. The maximum Gasteiger partial charge on any atom is 0.270 e. The third kappa shape index (κ3) is 1.45. The van der Waals surface area contributed by atoms with E-state index in [9.17, 15) is 15.3 Å². The lowest BCUT2D eigenvalue weighted by molar-refractivity contribution is -0.576. The molecule has 0 amide bonds. The highest BCUT2D eigenvalue weighted by molar-refractivity contribution is 6.04. The summed E-state index contributed by atoms with van der Waals surface area (Å²) in [5, 5.41) is 24.8. The summed E-state index contributed by atoms with van der Waals surface area (Å²) in [5.41, 5.74) is 0.442. The standard InChI is InChI=1S/C13H8N2O3/c16-14-7-1-2-10-4-3-9-5-6-11(15(17)18)8-12(9)13(10)14/h1-8H. The Morgan fingerprint density at radius 3 is 2.56 bits per heavy atom. The zero-order chi connectivity index (χ0) is 12.7. The molecule has 0 bridgehead atoms. The molecule has 1 aromatic heterocycles. The van der Waals surface area contributed by atoms with E-state index in [1.807, 2.05) is 18.2 Å². The zero-order valence-electron chi connectivity index (χ0n) is 9.24. The van der Waals surface area contributed by atoms with Crippen molar-refractivity contribution in [1.82, 2.24) is 0 Å². The normalized spacial score (nSPS) is 10.9. The number of benzene rings is 2. The van der Waals surface area contributed by atoms with Gasteiger partial charge in [0, 0.05) is 23.6 Å². The van der Waals surface area contributed by atoms with E-state index in [0.717, 1.165) is 15.5 Å². The van der Waals surface area contributed by atoms with Crippen molar-refractivity contribution < 1.29 is 9.65 Å². The molecule has 0 spiro atoms. The molecule has 0 N–H and O–H groups in total. The highest BCUT2D eigenvalue weighted by Crippen LogP contribution is 2.26. The SMILES string of the molecule is O=[N+]([O-])c1ccc2ccc3ccc[n+]([O-])c3c2c1. The summed E-state index contributed by atoms with van der Waals surface area (Å²) < 4.78 is 0.737. The van der Waals surface area contributed by atoms with Crippen LogP contribution in [0.25, 0.3) is 21.7 Å². The largest absolute Gasteiger partial charge is 0.618 e. The lowest BCUT2D eigenvalue weighted by Crippen LogP contribution is -2.25. The topological polar surface area (TPSA) is 70.1 Å². The van der Waals surface area contributed by atoms with Crippen molar-refractivity contribution in [2.75, 3.05) is 0 Å². The smallest absolute Gasteiger partial charge is 0.270 e. The Morgan fingerprint density at radius 2 is 1.78 bits per heavy atom. The van der Waals surface area contributed by atoms with E-state index in [1.54, 1.807) is 12.1 Å². The van der Waals surface area contributed by atoms with Crippen molar-refractivity contribution in [2.45, 2.75) is 0 Å². The molecule has 3 aromatic rings. The average Bonchev–Trinajstić information content (AvgIpc) is 2.37. The minimum Gasteiger partial charge on any atom is -0.618 e. The van der Waals surface area contributed by atoms with E-state index in [4.69, 9.17) is 0 Å². The van der Waals surface area contributed by atoms with Gasteiger partial charge in [0.1, 0.15) is 0 Å². The number of fused-ring (bicyclic) bond motifs is 3. The van der Waals surface area contributed by atoms with Gasteiger partial charge in [-0.05, 0) is 23.6 Å². The van der Waals surface area contributed by atoms with Crippen LogP contribution in [0, 0.1) is 15.3 Å². The van der Waals surface area contributed by atoms with Crippen molar-refractivity contribution in [3.8, 4) is 0 Å². The number of non-ortho nitro benzene ring substituents is 1. The number of nitro benzene ring substituents is 1. The number of nitro groups is 1. The zero-order valence-corrected chi connectivity index (χ0v) is 9.24. The highest BCUT2D eigenvalue weighted by Gasteiger charge is 2.12. The second-order valence-electron chi connectivity index (χ2n) is 4.00. The summed E-state index contributed by atoms with van der Waals surface area (Å²) >= 11 is 0. The van der Waals surface area contributed by atoms with Crippen LogP contribution in [0.3, 0.4) is 0 Å². The Bertz CT molecular complexity index is 784. The Morgan fingerprint density at radius 1 is 1.06 bits per heavy atom. The molecule has 0 aliphatic rings. The van der Waals surface area contributed by atoms with E-state index in [0.29, 0.717) is 10.9 Å². The van der Waals surface area contributed by atoms with E-state index in [-0.39, 0.29) is 5.69 Å². The maximum atomic E-state index is 11.8. The molecule has 0 saturated heterocycles. The lowest BCUT2D eigenvalue weighted by atomic mass is 10.1. The molecule has 0 saturated carbocycles. The molecule has 5 nitrogen and oxygen atoms in total. The molecule has 88 valence electrons. The number of nitrogens with zero attached hydrogens (tertiary/aromatic N) is 2. The van der Waals surface area contributed by atoms with Gasteiger partial charge in [0.05, 0.1) is 10.3 Å². The van der Waals surface area contributed by atoms with Crippen molar-refractivity contribution in [2.24, 2.45) is 0 Å². The van der Waals surface area contributed by atoms with E-state index >= 15 is 0 Å². The van der Waals surface area contributed by atoms with E-state index in [2.05, 4.69) is 0 Å². The van der Waals surface area contributed by atoms with Crippen molar-refractivity contribution >= 4 is 27.4 Å². The fourth-order valence-electron chi connectivity index (χ4n) is 2.10. The van der Waals surface area contributed by atoms with Gasteiger partial charge in [-0.15, -0.1) is 0 Å². The number of pyridine rings is 1. The number of hydrogen-bond acceptors (Lipinski definition) is 3. The fraction of sp³-hybridized carbons (Fsp3) is 0. The van der Waals surface area contributed by atoms with Crippen LogP contribution in [0.4, 0.5) is 5.69 Å². The molecule has 1 heterocycles. The van der Waals surface area contributed by atoms with Crippen LogP contribution in [0.15, 0.2) is 48.7 Å². The van der Waals surface area contributed by atoms with Crippen LogP contribution >= 0.6 is 0 Å². The van der Waals surface area contributed by atoms with Crippen molar-refractivity contribution in [3.05, 3.63) is 64.0 Å². The van der Waals surface area contributed by atoms with Gasteiger partial charge >= 0.3 is 0 Å².